The molecular weight excluding hydrogens is 258 g/mol. The highest BCUT2D eigenvalue weighted by Gasteiger charge is 1.99. The fourth-order valence-corrected chi connectivity index (χ4v) is 1.31. The first-order chi connectivity index (χ1) is 9.63. The standard InChI is InChI=1S/C13H12O2.C2H5NO2/c14-12-8-4-5-9-13(12)15-10-11-6-2-1-3-7-11;1-3-2(4)5/h1-9,14H,10H2;3H,1H3,(H,4,5). The Morgan fingerprint density at radius 3 is 2.20 bits per heavy atom. The summed E-state index contributed by atoms with van der Waals surface area (Å²) < 4.78 is 5.47. The van der Waals surface area contributed by atoms with E-state index >= 15 is 0 Å². The number of nitrogens with one attached hydrogen (secondary N) is 1. The van der Waals surface area contributed by atoms with Gasteiger partial charge in [0.25, 0.3) is 0 Å². The number of carbonyl (C=O) groups is 1. The van der Waals surface area contributed by atoms with Crippen molar-refractivity contribution in [2.75, 3.05) is 7.05 Å². The third-order valence-corrected chi connectivity index (χ3v) is 2.32. The molecule has 0 heterocycles. The summed E-state index contributed by atoms with van der Waals surface area (Å²) in [6.45, 7) is 0.471. The minimum absolute atomic E-state index is 0.174. The summed E-state index contributed by atoms with van der Waals surface area (Å²) in [5.74, 6) is 0.690. The Morgan fingerprint density at radius 1 is 1.10 bits per heavy atom. The molecule has 2 aromatic rings. The van der Waals surface area contributed by atoms with Gasteiger partial charge in [-0.25, -0.2) is 4.79 Å². The second-order valence-electron chi connectivity index (χ2n) is 3.80. The zero-order valence-corrected chi connectivity index (χ0v) is 11.1. The van der Waals surface area contributed by atoms with Crippen molar-refractivity contribution in [2.24, 2.45) is 0 Å². The van der Waals surface area contributed by atoms with Crippen molar-refractivity contribution in [3.05, 3.63) is 60.2 Å². The molecule has 0 spiro atoms. The van der Waals surface area contributed by atoms with Crippen molar-refractivity contribution < 1.29 is 19.7 Å². The van der Waals surface area contributed by atoms with Gasteiger partial charge in [0.2, 0.25) is 0 Å². The topological polar surface area (TPSA) is 78.8 Å². The van der Waals surface area contributed by atoms with Crippen LogP contribution < -0.4 is 10.1 Å². The molecule has 2 aromatic carbocycles. The van der Waals surface area contributed by atoms with E-state index in [2.05, 4.69) is 0 Å². The lowest BCUT2D eigenvalue weighted by Crippen LogP contribution is -2.13. The van der Waals surface area contributed by atoms with Gasteiger partial charge in [0, 0.05) is 7.05 Å². The minimum Gasteiger partial charge on any atom is -0.504 e. The van der Waals surface area contributed by atoms with Crippen molar-refractivity contribution in [1.82, 2.24) is 5.32 Å². The van der Waals surface area contributed by atoms with E-state index in [9.17, 15) is 9.90 Å². The van der Waals surface area contributed by atoms with Crippen LogP contribution in [-0.2, 0) is 6.61 Å². The van der Waals surface area contributed by atoms with Crippen molar-refractivity contribution in [3.63, 3.8) is 0 Å². The maximum Gasteiger partial charge on any atom is 0.404 e. The molecular formula is C15H17NO4. The van der Waals surface area contributed by atoms with Crippen LogP contribution in [0, 0.1) is 0 Å². The number of phenolic OH excluding ortho intramolecular Hbond substituents is 1. The van der Waals surface area contributed by atoms with Crippen LogP contribution in [0.5, 0.6) is 11.5 Å². The molecule has 1 amide bonds. The van der Waals surface area contributed by atoms with Gasteiger partial charge in [-0.3, -0.25) is 0 Å². The van der Waals surface area contributed by atoms with Crippen LogP contribution in [0.3, 0.4) is 0 Å². The number of aromatic hydroxyl groups is 1. The Kier molecular flexibility index (Phi) is 6.47. The Hall–Kier alpha value is -2.69. The Balaban J connectivity index is 0.000000347. The van der Waals surface area contributed by atoms with Crippen LogP contribution in [0.2, 0.25) is 0 Å². The molecule has 20 heavy (non-hydrogen) atoms. The normalized spacial score (nSPS) is 9.05. The predicted octanol–water partition coefficient (Wildman–Crippen LogP) is 2.86. The largest absolute Gasteiger partial charge is 0.504 e. The summed E-state index contributed by atoms with van der Waals surface area (Å²) in [6.07, 6.45) is -0.995. The zero-order valence-electron chi connectivity index (χ0n) is 11.1. The molecule has 3 N–H and O–H groups in total. The maximum atomic E-state index is 9.46. The van der Waals surface area contributed by atoms with E-state index in [0.29, 0.717) is 12.4 Å². The Morgan fingerprint density at radius 2 is 1.65 bits per heavy atom. The number of hydrogen-bond acceptors (Lipinski definition) is 3. The number of hydrogen-bond donors (Lipinski definition) is 3. The molecule has 0 aromatic heterocycles. The van der Waals surface area contributed by atoms with E-state index in [1.807, 2.05) is 41.7 Å². The number of para-hydroxylation sites is 2. The van der Waals surface area contributed by atoms with Gasteiger partial charge in [-0.15, -0.1) is 0 Å². The zero-order chi connectivity index (χ0) is 14.8. The fourth-order valence-electron chi connectivity index (χ4n) is 1.31. The second-order valence-corrected chi connectivity index (χ2v) is 3.80. The highest BCUT2D eigenvalue weighted by atomic mass is 16.5. The first-order valence-electron chi connectivity index (χ1n) is 5.99. The number of amides is 1. The van der Waals surface area contributed by atoms with E-state index in [0.717, 1.165) is 5.56 Å². The SMILES string of the molecule is CNC(=O)O.Oc1ccccc1OCc1ccccc1. The van der Waals surface area contributed by atoms with Gasteiger partial charge < -0.3 is 20.3 Å². The third-order valence-electron chi connectivity index (χ3n) is 2.32. The summed E-state index contributed by atoms with van der Waals surface area (Å²) in [6, 6.07) is 16.8. The highest BCUT2D eigenvalue weighted by Crippen LogP contribution is 2.25. The number of ether oxygens (including phenoxy) is 1. The van der Waals surface area contributed by atoms with Gasteiger partial charge in [-0.05, 0) is 17.7 Å². The van der Waals surface area contributed by atoms with Crippen LogP contribution in [0.25, 0.3) is 0 Å². The number of benzene rings is 2. The number of rotatable bonds is 3. The van der Waals surface area contributed by atoms with E-state index in [1.54, 1.807) is 18.2 Å². The van der Waals surface area contributed by atoms with Crippen LogP contribution >= 0.6 is 0 Å². The summed E-state index contributed by atoms with van der Waals surface area (Å²) in [5, 5.41) is 19.0. The molecule has 5 nitrogen and oxygen atoms in total. The fraction of sp³-hybridized carbons (Fsp3) is 0.133. The van der Waals surface area contributed by atoms with Gasteiger partial charge in [0.05, 0.1) is 0 Å². The van der Waals surface area contributed by atoms with Crippen LogP contribution in [0.1, 0.15) is 5.56 Å². The molecule has 0 atom stereocenters. The lowest BCUT2D eigenvalue weighted by molar-refractivity contribution is 0.197. The maximum absolute atomic E-state index is 9.46. The third kappa shape index (κ3) is 5.77. The van der Waals surface area contributed by atoms with E-state index in [-0.39, 0.29) is 5.75 Å². The quantitative estimate of drug-likeness (QED) is 0.804. The molecule has 0 fully saturated rings. The summed E-state index contributed by atoms with van der Waals surface area (Å²) in [7, 11) is 1.35. The molecule has 2 rings (SSSR count). The van der Waals surface area contributed by atoms with Crippen molar-refractivity contribution in [2.45, 2.75) is 6.61 Å². The Bertz CT molecular complexity index is 528. The lowest BCUT2D eigenvalue weighted by atomic mass is 10.2. The van der Waals surface area contributed by atoms with E-state index in [1.165, 1.54) is 7.05 Å². The van der Waals surface area contributed by atoms with Crippen molar-refractivity contribution >= 4 is 6.09 Å². The molecule has 0 bridgehead atoms. The summed E-state index contributed by atoms with van der Waals surface area (Å²) in [5.41, 5.74) is 1.08. The van der Waals surface area contributed by atoms with E-state index in [4.69, 9.17) is 9.84 Å². The molecule has 0 aliphatic carbocycles. The molecule has 0 radical (unpaired) electrons. The van der Waals surface area contributed by atoms with Crippen LogP contribution in [0.4, 0.5) is 4.79 Å². The second kappa shape index (κ2) is 8.42. The van der Waals surface area contributed by atoms with E-state index < -0.39 is 6.09 Å². The van der Waals surface area contributed by atoms with Crippen molar-refractivity contribution in [3.8, 4) is 11.5 Å². The summed E-state index contributed by atoms with van der Waals surface area (Å²) >= 11 is 0. The van der Waals surface area contributed by atoms with Gasteiger partial charge in [-0.1, -0.05) is 42.5 Å². The first-order valence-corrected chi connectivity index (χ1v) is 5.99. The molecule has 106 valence electrons. The first kappa shape index (κ1) is 15.4. The molecule has 0 saturated heterocycles. The average molecular weight is 275 g/mol. The lowest BCUT2D eigenvalue weighted by Gasteiger charge is -2.07. The van der Waals surface area contributed by atoms with Gasteiger partial charge in [0.1, 0.15) is 6.61 Å². The summed E-state index contributed by atoms with van der Waals surface area (Å²) in [4.78, 5) is 9.26. The Labute approximate surface area is 117 Å². The van der Waals surface area contributed by atoms with Crippen LogP contribution in [0.15, 0.2) is 54.6 Å². The van der Waals surface area contributed by atoms with Gasteiger partial charge in [0.15, 0.2) is 11.5 Å². The minimum atomic E-state index is -0.995. The van der Waals surface area contributed by atoms with Crippen LogP contribution in [-0.4, -0.2) is 23.4 Å². The van der Waals surface area contributed by atoms with Gasteiger partial charge >= 0.3 is 6.09 Å². The highest BCUT2D eigenvalue weighted by molar-refractivity contribution is 5.63. The number of phenols is 1. The van der Waals surface area contributed by atoms with Gasteiger partial charge in [-0.2, -0.15) is 0 Å². The molecule has 5 heteroatoms. The monoisotopic (exact) mass is 275 g/mol. The molecule has 0 saturated carbocycles. The molecule has 0 aliphatic rings. The molecule has 0 unspecified atom stereocenters. The number of carboxylic acid groups (broad SMARTS) is 1. The van der Waals surface area contributed by atoms with Crippen molar-refractivity contribution in [1.29, 1.82) is 0 Å². The smallest absolute Gasteiger partial charge is 0.404 e. The predicted molar refractivity (Wildman–Crippen MR) is 76.0 cm³/mol. The average Bonchev–Trinajstić information content (AvgIpc) is 2.48. The molecule has 0 aliphatic heterocycles.